The van der Waals surface area contributed by atoms with E-state index < -0.39 is 0 Å². The van der Waals surface area contributed by atoms with Gasteiger partial charge in [0.25, 0.3) is 5.91 Å². The molecule has 1 N–H and O–H groups in total. The Bertz CT molecular complexity index is 876. The van der Waals surface area contributed by atoms with Gasteiger partial charge in [-0.05, 0) is 49.9 Å². The maximum Gasteiger partial charge on any atom is 0.251 e. The Hall–Kier alpha value is -3.02. The van der Waals surface area contributed by atoms with Crippen molar-refractivity contribution in [3.8, 4) is 11.5 Å². The standard InChI is InChI=1S/C25H32N2O4/c1-4-21(18-9-7-6-8-10-18)25(29)27-15-13-20(14-16-27)26-24(28)19-11-12-22(31-5-2)23(17-19)30-3/h6-12,17,20-21H,4-5,13-16H2,1-3H3,(H,26,28). The Kier molecular flexibility index (Phi) is 7.93. The summed E-state index contributed by atoms with van der Waals surface area (Å²) in [6.07, 6.45) is 2.27. The molecule has 1 saturated heterocycles. The van der Waals surface area contributed by atoms with E-state index in [9.17, 15) is 9.59 Å². The third kappa shape index (κ3) is 5.57. The lowest BCUT2D eigenvalue weighted by atomic mass is 9.93. The molecule has 0 aromatic heterocycles. The third-order valence-electron chi connectivity index (χ3n) is 5.78. The second-order valence-corrected chi connectivity index (χ2v) is 7.74. The first-order chi connectivity index (χ1) is 15.1. The molecule has 0 radical (unpaired) electrons. The molecular formula is C25H32N2O4. The third-order valence-corrected chi connectivity index (χ3v) is 5.78. The van der Waals surface area contributed by atoms with Crippen LogP contribution in [0.15, 0.2) is 48.5 Å². The SMILES string of the molecule is CCOc1ccc(C(=O)NC2CCN(C(=O)C(CC)c3ccccc3)CC2)cc1OC. The smallest absolute Gasteiger partial charge is 0.251 e. The summed E-state index contributed by atoms with van der Waals surface area (Å²) in [5, 5.41) is 3.10. The number of likely N-dealkylation sites (tertiary alicyclic amines) is 1. The van der Waals surface area contributed by atoms with Gasteiger partial charge in [0, 0.05) is 24.7 Å². The molecule has 0 aliphatic carbocycles. The zero-order valence-electron chi connectivity index (χ0n) is 18.6. The van der Waals surface area contributed by atoms with E-state index in [4.69, 9.17) is 9.47 Å². The van der Waals surface area contributed by atoms with Crippen LogP contribution < -0.4 is 14.8 Å². The zero-order valence-corrected chi connectivity index (χ0v) is 18.6. The number of piperidine rings is 1. The van der Waals surface area contributed by atoms with Crippen molar-refractivity contribution in [1.82, 2.24) is 10.2 Å². The minimum atomic E-state index is -0.137. The van der Waals surface area contributed by atoms with Crippen molar-refractivity contribution in [2.24, 2.45) is 0 Å². The average molecular weight is 425 g/mol. The summed E-state index contributed by atoms with van der Waals surface area (Å²) < 4.78 is 10.9. The lowest BCUT2D eigenvalue weighted by molar-refractivity contribution is -0.134. The summed E-state index contributed by atoms with van der Waals surface area (Å²) in [5.41, 5.74) is 1.60. The minimum Gasteiger partial charge on any atom is -0.493 e. The number of ether oxygens (including phenoxy) is 2. The molecule has 1 fully saturated rings. The zero-order chi connectivity index (χ0) is 22.2. The van der Waals surface area contributed by atoms with Gasteiger partial charge in [0.1, 0.15) is 0 Å². The van der Waals surface area contributed by atoms with Gasteiger partial charge in [-0.1, -0.05) is 37.3 Å². The molecule has 6 heteroatoms. The van der Waals surface area contributed by atoms with E-state index in [0.717, 1.165) is 24.8 Å². The lowest BCUT2D eigenvalue weighted by Crippen LogP contribution is -2.47. The first-order valence-corrected chi connectivity index (χ1v) is 11.0. The molecule has 1 heterocycles. The quantitative estimate of drug-likeness (QED) is 0.695. The Labute approximate surface area is 184 Å². The van der Waals surface area contributed by atoms with Crippen molar-refractivity contribution in [1.29, 1.82) is 0 Å². The largest absolute Gasteiger partial charge is 0.493 e. The van der Waals surface area contributed by atoms with Crippen molar-refractivity contribution in [2.45, 2.75) is 45.1 Å². The number of benzene rings is 2. The second-order valence-electron chi connectivity index (χ2n) is 7.74. The number of carbonyl (C=O) groups is 2. The fourth-order valence-corrected chi connectivity index (χ4v) is 4.06. The van der Waals surface area contributed by atoms with E-state index in [0.29, 0.717) is 36.8 Å². The van der Waals surface area contributed by atoms with E-state index >= 15 is 0 Å². The van der Waals surface area contributed by atoms with Crippen LogP contribution in [0.1, 0.15) is 54.9 Å². The maximum absolute atomic E-state index is 13.0. The summed E-state index contributed by atoms with van der Waals surface area (Å²) in [4.78, 5) is 27.7. The van der Waals surface area contributed by atoms with Gasteiger partial charge in [0.15, 0.2) is 11.5 Å². The molecule has 0 spiro atoms. The molecule has 0 bridgehead atoms. The van der Waals surface area contributed by atoms with E-state index in [-0.39, 0.29) is 23.8 Å². The normalized spacial score (nSPS) is 15.3. The van der Waals surface area contributed by atoms with Gasteiger partial charge in [0.2, 0.25) is 5.91 Å². The molecule has 166 valence electrons. The molecule has 1 aliphatic heterocycles. The Morgan fingerprint density at radius 1 is 1.06 bits per heavy atom. The lowest BCUT2D eigenvalue weighted by Gasteiger charge is -2.34. The molecule has 31 heavy (non-hydrogen) atoms. The first-order valence-electron chi connectivity index (χ1n) is 11.0. The summed E-state index contributed by atoms with van der Waals surface area (Å²) in [5.74, 6) is 1.10. The summed E-state index contributed by atoms with van der Waals surface area (Å²) in [7, 11) is 1.56. The highest BCUT2D eigenvalue weighted by atomic mass is 16.5. The van der Waals surface area contributed by atoms with Gasteiger partial charge in [-0.3, -0.25) is 9.59 Å². The highest BCUT2D eigenvalue weighted by Gasteiger charge is 2.29. The number of carbonyl (C=O) groups excluding carboxylic acids is 2. The molecule has 1 unspecified atom stereocenters. The Morgan fingerprint density at radius 3 is 2.39 bits per heavy atom. The minimum absolute atomic E-state index is 0.0471. The van der Waals surface area contributed by atoms with Gasteiger partial charge in [-0.15, -0.1) is 0 Å². The summed E-state index contributed by atoms with van der Waals surface area (Å²) >= 11 is 0. The number of hydrogen-bond acceptors (Lipinski definition) is 4. The van der Waals surface area contributed by atoms with Crippen LogP contribution in [0.2, 0.25) is 0 Å². The second kappa shape index (κ2) is 10.8. The summed E-state index contributed by atoms with van der Waals surface area (Å²) in [6, 6.07) is 15.2. The van der Waals surface area contributed by atoms with Gasteiger partial charge in [-0.25, -0.2) is 0 Å². The van der Waals surface area contributed by atoms with Crippen LogP contribution in [0.5, 0.6) is 11.5 Å². The van der Waals surface area contributed by atoms with Gasteiger partial charge in [0.05, 0.1) is 19.6 Å². The van der Waals surface area contributed by atoms with Crippen molar-refractivity contribution < 1.29 is 19.1 Å². The molecule has 6 nitrogen and oxygen atoms in total. The number of amides is 2. The molecule has 2 amide bonds. The van der Waals surface area contributed by atoms with Crippen LogP contribution in [-0.4, -0.2) is 49.6 Å². The van der Waals surface area contributed by atoms with Crippen molar-refractivity contribution >= 4 is 11.8 Å². The molecular weight excluding hydrogens is 392 g/mol. The average Bonchev–Trinajstić information content (AvgIpc) is 2.81. The summed E-state index contributed by atoms with van der Waals surface area (Å²) in [6.45, 7) is 5.79. The van der Waals surface area contributed by atoms with Gasteiger partial charge >= 0.3 is 0 Å². The maximum atomic E-state index is 13.0. The number of rotatable bonds is 8. The fourth-order valence-electron chi connectivity index (χ4n) is 4.06. The number of nitrogens with zero attached hydrogens (tertiary/aromatic N) is 1. The predicted octanol–water partition coefficient (Wildman–Crippen LogP) is 4.01. The number of nitrogens with one attached hydrogen (secondary N) is 1. The van der Waals surface area contributed by atoms with Crippen LogP contribution in [0.25, 0.3) is 0 Å². The van der Waals surface area contributed by atoms with Crippen LogP contribution in [0.3, 0.4) is 0 Å². The molecule has 2 aromatic carbocycles. The predicted molar refractivity (Wildman–Crippen MR) is 121 cm³/mol. The highest BCUT2D eigenvalue weighted by molar-refractivity contribution is 5.95. The monoisotopic (exact) mass is 424 g/mol. The van der Waals surface area contributed by atoms with Crippen LogP contribution in [-0.2, 0) is 4.79 Å². The molecule has 1 aliphatic rings. The first kappa shape index (κ1) is 22.7. The molecule has 1 atom stereocenters. The van der Waals surface area contributed by atoms with Crippen LogP contribution in [0.4, 0.5) is 0 Å². The van der Waals surface area contributed by atoms with E-state index in [2.05, 4.69) is 5.32 Å². The molecule has 2 aromatic rings. The number of methoxy groups -OCH3 is 1. The van der Waals surface area contributed by atoms with Crippen molar-refractivity contribution in [3.05, 3.63) is 59.7 Å². The number of hydrogen-bond donors (Lipinski definition) is 1. The van der Waals surface area contributed by atoms with E-state index in [1.807, 2.05) is 49.1 Å². The highest BCUT2D eigenvalue weighted by Crippen LogP contribution is 2.28. The van der Waals surface area contributed by atoms with Crippen molar-refractivity contribution in [2.75, 3.05) is 26.8 Å². The van der Waals surface area contributed by atoms with Crippen molar-refractivity contribution in [3.63, 3.8) is 0 Å². The van der Waals surface area contributed by atoms with Crippen LogP contribution in [0, 0.1) is 0 Å². The molecule has 0 saturated carbocycles. The Balaban J connectivity index is 1.56. The van der Waals surface area contributed by atoms with E-state index in [1.165, 1.54) is 0 Å². The van der Waals surface area contributed by atoms with Gasteiger partial charge in [-0.2, -0.15) is 0 Å². The topological polar surface area (TPSA) is 67.9 Å². The fraction of sp³-hybridized carbons (Fsp3) is 0.440. The Morgan fingerprint density at radius 2 is 1.77 bits per heavy atom. The van der Waals surface area contributed by atoms with Crippen LogP contribution >= 0.6 is 0 Å². The van der Waals surface area contributed by atoms with Gasteiger partial charge < -0.3 is 19.7 Å². The molecule has 3 rings (SSSR count). The van der Waals surface area contributed by atoms with E-state index in [1.54, 1.807) is 25.3 Å².